The summed E-state index contributed by atoms with van der Waals surface area (Å²) in [6.45, 7) is 4.78. The number of likely N-dealkylation sites (tertiary alicyclic amines) is 1. The van der Waals surface area contributed by atoms with E-state index in [0.717, 1.165) is 19.3 Å². The Hall–Kier alpha value is -1.50. The van der Waals surface area contributed by atoms with Crippen molar-refractivity contribution < 1.29 is 14.0 Å². The number of thiazole rings is 1. The van der Waals surface area contributed by atoms with Crippen molar-refractivity contribution in [2.75, 3.05) is 7.05 Å². The van der Waals surface area contributed by atoms with E-state index in [0.29, 0.717) is 28.2 Å². The average molecular weight is 448 g/mol. The van der Waals surface area contributed by atoms with Crippen molar-refractivity contribution in [2.45, 2.75) is 83.5 Å². The fraction of sp³-hybridized carbons (Fsp3) is 0.792. The van der Waals surface area contributed by atoms with Crippen LogP contribution in [0.4, 0.5) is 4.39 Å². The van der Waals surface area contributed by atoms with Crippen molar-refractivity contribution in [3.05, 3.63) is 16.6 Å². The van der Waals surface area contributed by atoms with Gasteiger partial charge in [-0.2, -0.15) is 0 Å². The van der Waals surface area contributed by atoms with Gasteiger partial charge in [0.1, 0.15) is 5.01 Å². The molecule has 2 heterocycles. The Kier molecular flexibility index (Phi) is 5.00. The van der Waals surface area contributed by atoms with E-state index in [-0.39, 0.29) is 24.4 Å². The molecule has 0 spiro atoms. The summed E-state index contributed by atoms with van der Waals surface area (Å²) in [6.07, 6.45) is 9.87. The zero-order valence-corrected chi connectivity index (χ0v) is 19.6. The van der Waals surface area contributed by atoms with Gasteiger partial charge in [0, 0.05) is 31.1 Å². The minimum atomic E-state index is -2.50. The third-order valence-electron chi connectivity index (χ3n) is 9.59. The van der Waals surface area contributed by atoms with Crippen molar-refractivity contribution in [1.29, 1.82) is 0 Å². The van der Waals surface area contributed by atoms with Gasteiger partial charge in [0.2, 0.25) is 0 Å². The van der Waals surface area contributed by atoms with Crippen LogP contribution in [0.15, 0.2) is 11.6 Å². The van der Waals surface area contributed by atoms with Crippen LogP contribution >= 0.6 is 11.3 Å². The normalized spacial score (nSPS) is 44.4. The first kappa shape index (κ1) is 21.4. The second-order valence-corrected chi connectivity index (χ2v) is 12.0. The van der Waals surface area contributed by atoms with E-state index in [1.807, 2.05) is 5.38 Å². The number of carbonyl (C=O) groups is 2. The van der Waals surface area contributed by atoms with Crippen LogP contribution in [0.2, 0.25) is 0 Å². The summed E-state index contributed by atoms with van der Waals surface area (Å²) in [5.74, 6) is 0.195. The largest absolute Gasteiger partial charge is 0.346 e. The number of hydrogen-bond acceptors (Lipinski definition) is 4. The van der Waals surface area contributed by atoms with Crippen molar-refractivity contribution in [2.24, 2.45) is 28.6 Å². The van der Waals surface area contributed by atoms with E-state index in [1.165, 1.54) is 37.0 Å². The zero-order valence-electron chi connectivity index (χ0n) is 18.8. The van der Waals surface area contributed by atoms with Crippen LogP contribution in [-0.2, 0) is 16.1 Å². The summed E-state index contributed by atoms with van der Waals surface area (Å²) in [6, 6.07) is 0.0163. The van der Waals surface area contributed by atoms with Gasteiger partial charge in [-0.05, 0) is 67.1 Å². The molecule has 3 saturated carbocycles. The number of aromatic nitrogens is 1. The maximum absolute atomic E-state index is 16.3. The lowest BCUT2D eigenvalue weighted by Crippen LogP contribution is -2.70. The number of halogens is 1. The predicted molar refractivity (Wildman–Crippen MR) is 118 cm³/mol. The summed E-state index contributed by atoms with van der Waals surface area (Å²) in [5.41, 5.74) is -2.45. The quantitative estimate of drug-likeness (QED) is 0.702. The Morgan fingerprint density at radius 1 is 1.26 bits per heavy atom. The fourth-order valence-corrected chi connectivity index (χ4v) is 8.71. The Bertz CT molecular complexity index is 878. The standard InChI is InChI=1S/C24H34FN3O2S/c1-22-9-4-5-16(22)15-6-7-18-23(2,17(15)8-10-22)14-24(25,21(30)28(18)3)20(29)27-13-19-26-11-12-31-19/h11-12,15-18H,4-10,13-14H2,1-3H3,(H,27,29)/t15-,16-,17+,18?,22-,23+,24?/m0/s1. The van der Waals surface area contributed by atoms with Crippen molar-refractivity contribution in [3.8, 4) is 0 Å². The smallest absolute Gasteiger partial charge is 0.270 e. The van der Waals surface area contributed by atoms with Crippen LogP contribution in [0.1, 0.15) is 70.2 Å². The maximum atomic E-state index is 16.3. The molecule has 7 heteroatoms. The molecule has 170 valence electrons. The highest BCUT2D eigenvalue weighted by atomic mass is 32.1. The molecule has 0 bridgehead atoms. The molecule has 5 rings (SSSR count). The molecule has 0 aromatic carbocycles. The molecule has 7 atom stereocenters. The van der Waals surface area contributed by atoms with Crippen LogP contribution in [0.5, 0.6) is 0 Å². The Balaban J connectivity index is 1.42. The minimum Gasteiger partial charge on any atom is -0.346 e. The molecule has 3 aliphatic carbocycles. The number of rotatable bonds is 3. The van der Waals surface area contributed by atoms with Crippen LogP contribution in [0, 0.1) is 28.6 Å². The topological polar surface area (TPSA) is 62.3 Å². The van der Waals surface area contributed by atoms with E-state index >= 15 is 4.39 Å². The summed E-state index contributed by atoms with van der Waals surface area (Å²) in [5, 5.41) is 5.19. The highest BCUT2D eigenvalue weighted by molar-refractivity contribution is 7.09. The van der Waals surface area contributed by atoms with Crippen LogP contribution in [0.3, 0.4) is 0 Å². The van der Waals surface area contributed by atoms with Gasteiger partial charge < -0.3 is 10.2 Å². The lowest BCUT2D eigenvalue weighted by atomic mass is 9.46. The molecule has 1 aliphatic heterocycles. The summed E-state index contributed by atoms with van der Waals surface area (Å²) in [4.78, 5) is 31.9. The summed E-state index contributed by atoms with van der Waals surface area (Å²) >= 11 is 1.41. The molecule has 1 aromatic rings. The Labute approximate surface area is 188 Å². The number of nitrogens with zero attached hydrogens (tertiary/aromatic N) is 2. The number of alkyl halides is 1. The molecule has 1 N–H and O–H groups in total. The molecular formula is C24H34FN3O2S. The maximum Gasteiger partial charge on any atom is 0.270 e. The van der Waals surface area contributed by atoms with Gasteiger partial charge >= 0.3 is 0 Å². The van der Waals surface area contributed by atoms with Crippen molar-refractivity contribution >= 4 is 23.2 Å². The van der Waals surface area contributed by atoms with Crippen LogP contribution in [0.25, 0.3) is 0 Å². The summed E-state index contributed by atoms with van der Waals surface area (Å²) in [7, 11) is 1.70. The van der Waals surface area contributed by atoms with E-state index in [1.54, 1.807) is 18.1 Å². The Morgan fingerprint density at radius 3 is 2.81 bits per heavy atom. The Morgan fingerprint density at radius 2 is 2.06 bits per heavy atom. The van der Waals surface area contributed by atoms with Crippen molar-refractivity contribution in [1.82, 2.24) is 15.2 Å². The minimum absolute atomic E-state index is 0.00213. The zero-order chi connectivity index (χ0) is 22.0. The van der Waals surface area contributed by atoms with E-state index in [2.05, 4.69) is 24.1 Å². The third kappa shape index (κ3) is 3.09. The van der Waals surface area contributed by atoms with Gasteiger partial charge in [0.15, 0.2) is 0 Å². The first-order valence-electron chi connectivity index (χ1n) is 11.8. The van der Waals surface area contributed by atoms with Crippen molar-refractivity contribution in [3.63, 3.8) is 0 Å². The monoisotopic (exact) mass is 447 g/mol. The van der Waals surface area contributed by atoms with Gasteiger partial charge in [-0.15, -0.1) is 11.3 Å². The molecular weight excluding hydrogens is 413 g/mol. The highest BCUT2D eigenvalue weighted by Crippen LogP contribution is 2.65. The molecule has 1 aromatic heterocycles. The number of fused-ring (bicyclic) bond motifs is 5. The van der Waals surface area contributed by atoms with Gasteiger partial charge in [-0.1, -0.05) is 20.3 Å². The predicted octanol–water partition coefficient (Wildman–Crippen LogP) is 4.33. The van der Waals surface area contributed by atoms with E-state index in [4.69, 9.17) is 0 Å². The first-order chi connectivity index (χ1) is 14.7. The second kappa shape index (κ2) is 7.26. The van der Waals surface area contributed by atoms with Gasteiger partial charge in [-0.25, -0.2) is 9.37 Å². The average Bonchev–Trinajstić information content (AvgIpc) is 3.39. The second-order valence-electron chi connectivity index (χ2n) is 11.1. The number of carbonyl (C=O) groups excluding carboxylic acids is 2. The van der Waals surface area contributed by atoms with Crippen LogP contribution in [-0.4, -0.2) is 40.5 Å². The van der Waals surface area contributed by atoms with Gasteiger partial charge in [0.05, 0.1) is 6.54 Å². The third-order valence-corrected chi connectivity index (χ3v) is 10.4. The van der Waals surface area contributed by atoms with E-state index < -0.39 is 17.5 Å². The number of amides is 2. The molecule has 1 saturated heterocycles. The fourth-order valence-electron chi connectivity index (χ4n) is 8.15. The molecule has 0 radical (unpaired) electrons. The molecule has 4 aliphatic rings. The molecule has 2 unspecified atom stereocenters. The van der Waals surface area contributed by atoms with Crippen LogP contribution < -0.4 is 5.32 Å². The lowest BCUT2D eigenvalue weighted by Gasteiger charge is -2.62. The number of hydrogen-bond donors (Lipinski definition) is 1. The highest BCUT2D eigenvalue weighted by Gasteiger charge is 2.66. The first-order valence-corrected chi connectivity index (χ1v) is 12.7. The van der Waals surface area contributed by atoms with Gasteiger partial charge in [0.25, 0.3) is 17.5 Å². The number of piperidine rings is 1. The molecule has 5 nitrogen and oxygen atoms in total. The van der Waals surface area contributed by atoms with Gasteiger partial charge in [-0.3, -0.25) is 9.59 Å². The summed E-state index contributed by atoms with van der Waals surface area (Å²) < 4.78 is 16.3. The number of nitrogens with one attached hydrogen (secondary N) is 1. The molecule has 2 amide bonds. The lowest BCUT2D eigenvalue weighted by molar-refractivity contribution is -0.185. The SMILES string of the molecule is CN1C(=O)C(F)(C(=O)NCc2nccs2)C[C@@]2(C)C1CC[C@@H]1[C@H]2CC[C@]2(C)CCC[C@@H]12. The molecule has 4 fully saturated rings. The van der Waals surface area contributed by atoms with E-state index in [9.17, 15) is 9.59 Å². The molecule has 31 heavy (non-hydrogen) atoms.